The highest BCUT2D eigenvalue weighted by molar-refractivity contribution is 5.92. The normalized spacial score (nSPS) is 19.6. The third-order valence-corrected chi connectivity index (χ3v) is 12.3. The van der Waals surface area contributed by atoms with E-state index in [1.165, 1.54) is 14.2 Å². The van der Waals surface area contributed by atoms with E-state index in [1.807, 2.05) is 59.8 Å². The van der Waals surface area contributed by atoms with Crippen LogP contribution < -0.4 is 10.6 Å². The monoisotopic (exact) mass is 835 g/mol. The number of carbonyl (C=O) groups excluding carboxylic acids is 4. The Bertz CT molecular complexity index is 2680. The molecular weight excluding hydrogens is 787 g/mol. The van der Waals surface area contributed by atoms with E-state index in [0.29, 0.717) is 56.1 Å². The number of nitrogens with one attached hydrogen (secondary N) is 4. The van der Waals surface area contributed by atoms with E-state index in [9.17, 15) is 19.2 Å². The van der Waals surface area contributed by atoms with E-state index >= 15 is 0 Å². The fourth-order valence-electron chi connectivity index (χ4n) is 9.13. The number of hydrogen-bond donors (Lipinski definition) is 4. The Labute approximate surface area is 358 Å². The minimum Gasteiger partial charge on any atom is -0.453 e. The van der Waals surface area contributed by atoms with Crippen molar-refractivity contribution in [1.82, 2.24) is 45.4 Å². The van der Waals surface area contributed by atoms with Crippen molar-refractivity contribution >= 4 is 45.9 Å². The summed E-state index contributed by atoms with van der Waals surface area (Å²) in [7, 11) is 2.59. The highest BCUT2D eigenvalue weighted by Crippen LogP contribution is 2.36. The van der Waals surface area contributed by atoms with Gasteiger partial charge in [-0.1, -0.05) is 60.7 Å². The summed E-state index contributed by atoms with van der Waals surface area (Å²) in [4.78, 5) is 77.5. The fraction of sp³-hybridized carbons (Fsp3) is 0.340. The molecule has 2 saturated heterocycles. The maximum Gasteiger partial charge on any atom is 0.407 e. The number of rotatable bonds is 10. The van der Waals surface area contributed by atoms with Gasteiger partial charge in [0.1, 0.15) is 23.7 Å². The molecule has 2 fully saturated rings. The molecule has 0 spiro atoms. The highest BCUT2D eigenvalue weighted by Gasteiger charge is 2.39. The van der Waals surface area contributed by atoms with Gasteiger partial charge in [0.2, 0.25) is 11.8 Å². The van der Waals surface area contributed by atoms with Crippen molar-refractivity contribution in [2.45, 2.75) is 75.5 Å². The van der Waals surface area contributed by atoms with Crippen LogP contribution in [0.5, 0.6) is 0 Å². The number of hydrogen-bond acceptors (Lipinski definition) is 9. The molecule has 5 aromatic rings. The number of aromatic amines is 2. The molecule has 0 saturated carbocycles. The predicted octanol–water partition coefficient (Wildman–Crippen LogP) is 7.50. The lowest BCUT2D eigenvalue weighted by atomic mass is 9.97. The molecule has 2 aliphatic heterocycles. The number of pyridine rings is 1. The summed E-state index contributed by atoms with van der Waals surface area (Å²) in [5, 5.41) is 7.64. The molecule has 4 amide bonds. The second kappa shape index (κ2) is 17.5. The summed E-state index contributed by atoms with van der Waals surface area (Å²) >= 11 is 0. The number of allylic oxidation sites excluding steroid dienone is 6. The van der Waals surface area contributed by atoms with Crippen LogP contribution in [0.1, 0.15) is 75.1 Å². The molecule has 318 valence electrons. The largest absolute Gasteiger partial charge is 0.453 e. The predicted molar refractivity (Wildman–Crippen MR) is 233 cm³/mol. The second-order valence-electron chi connectivity index (χ2n) is 16.1. The summed E-state index contributed by atoms with van der Waals surface area (Å²) in [6.45, 7) is 1.12. The zero-order chi connectivity index (χ0) is 42.7. The number of amides is 4. The summed E-state index contributed by atoms with van der Waals surface area (Å²) in [6.07, 6.45) is 20.2. The standard InChI is InChI=1S/C47H49N9O6/c1-61-46(59)52-39(28-11-5-3-6-12-28)44(57)55-21-9-15-37(55)42-49-27-36(51-42)33-20-19-30-23-32(18-17-31(30)24-33)34-25-35-41(48-26-34)54-43(50-35)38-16-10-22-56(38)45(58)40(53-47(60)62-2)29-13-7-4-8-14-29/h3-5,7,12,14,17-20,23-27,37-40H,6,8-11,13,15-16,21-22H2,1-2H3,(H,49,51)(H,52,59)(H,53,60)(H,48,50,54)/t37-,38-,39+,40+/m0/s1. The first kappa shape index (κ1) is 40.4. The minimum atomic E-state index is -0.817. The van der Waals surface area contributed by atoms with Crippen molar-refractivity contribution in [3.63, 3.8) is 0 Å². The second-order valence-corrected chi connectivity index (χ2v) is 16.1. The molecule has 15 nitrogen and oxygen atoms in total. The molecule has 0 radical (unpaired) electrons. The molecule has 4 atom stereocenters. The van der Waals surface area contributed by atoms with Crippen molar-refractivity contribution in [2.75, 3.05) is 27.3 Å². The SMILES string of the molecule is COC(=O)N[C@@H](C(=O)N1CCC[C@H]1c1ncc(-c2ccc3cc(-c4cnc5nc([C@@H]6CCCN6C(=O)[C@H](NC(=O)OC)C6=CCC=CC6)[nH]c5c4)ccc3c2)[nH]1)C1=CCC=CC1. The lowest BCUT2D eigenvalue weighted by molar-refractivity contribution is -0.134. The van der Waals surface area contributed by atoms with Gasteiger partial charge in [0.05, 0.1) is 43.7 Å². The van der Waals surface area contributed by atoms with Gasteiger partial charge >= 0.3 is 12.2 Å². The average molecular weight is 836 g/mol. The van der Waals surface area contributed by atoms with Crippen LogP contribution in [0.2, 0.25) is 0 Å². The number of ether oxygens (including phenoxy) is 2. The van der Waals surface area contributed by atoms with Gasteiger partial charge in [-0.15, -0.1) is 0 Å². The zero-order valence-electron chi connectivity index (χ0n) is 34.7. The molecule has 3 aromatic heterocycles. The molecule has 4 N–H and O–H groups in total. The van der Waals surface area contributed by atoms with Gasteiger partial charge in [-0.3, -0.25) is 9.59 Å². The number of nitrogens with zero attached hydrogens (tertiary/aromatic N) is 5. The third-order valence-electron chi connectivity index (χ3n) is 12.3. The summed E-state index contributed by atoms with van der Waals surface area (Å²) in [5.41, 5.74) is 6.78. The van der Waals surface area contributed by atoms with Crippen molar-refractivity contribution in [1.29, 1.82) is 0 Å². The Morgan fingerprint density at radius 2 is 1.26 bits per heavy atom. The Balaban J connectivity index is 0.908. The van der Waals surface area contributed by atoms with Gasteiger partial charge in [-0.05, 0) is 97.0 Å². The Kier molecular flexibility index (Phi) is 11.4. The quantitative estimate of drug-likeness (QED) is 0.103. The fourth-order valence-corrected chi connectivity index (χ4v) is 9.13. The highest BCUT2D eigenvalue weighted by atomic mass is 16.5. The van der Waals surface area contributed by atoms with E-state index in [-0.39, 0.29) is 23.9 Å². The van der Waals surface area contributed by atoms with Crippen LogP contribution >= 0.6 is 0 Å². The maximum atomic E-state index is 14.0. The lowest BCUT2D eigenvalue weighted by Gasteiger charge is -2.29. The first-order valence-electron chi connectivity index (χ1n) is 21.2. The number of imidazole rings is 2. The Hall–Kier alpha value is -7.03. The number of benzene rings is 2. The van der Waals surface area contributed by atoms with Crippen LogP contribution in [0.4, 0.5) is 9.59 Å². The Morgan fingerprint density at radius 3 is 1.84 bits per heavy atom. The first-order chi connectivity index (χ1) is 30.3. The molecule has 9 rings (SSSR count). The van der Waals surface area contributed by atoms with Crippen LogP contribution in [-0.4, -0.2) is 98.1 Å². The van der Waals surface area contributed by atoms with Crippen molar-refractivity contribution in [3.8, 4) is 22.4 Å². The first-order valence-corrected chi connectivity index (χ1v) is 21.2. The summed E-state index contributed by atoms with van der Waals surface area (Å²) < 4.78 is 9.73. The van der Waals surface area contributed by atoms with Crippen LogP contribution in [0.15, 0.2) is 102 Å². The Morgan fingerprint density at radius 1 is 0.677 bits per heavy atom. The molecule has 2 aliphatic carbocycles. The topological polar surface area (TPSA) is 188 Å². The number of H-pyrrole nitrogens is 2. The molecule has 4 aliphatic rings. The van der Waals surface area contributed by atoms with Crippen LogP contribution in [-0.2, 0) is 19.1 Å². The molecular formula is C47H49N9O6. The number of alkyl carbamates (subject to hydrolysis) is 2. The van der Waals surface area contributed by atoms with Crippen molar-refractivity contribution in [2.24, 2.45) is 0 Å². The van der Waals surface area contributed by atoms with E-state index in [2.05, 4.69) is 57.0 Å². The number of aromatic nitrogens is 5. The molecule has 15 heteroatoms. The summed E-state index contributed by atoms with van der Waals surface area (Å²) in [6, 6.07) is 12.5. The number of carbonyl (C=O) groups is 4. The van der Waals surface area contributed by atoms with Gasteiger partial charge in [0.15, 0.2) is 5.65 Å². The zero-order valence-corrected chi connectivity index (χ0v) is 34.7. The minimum absolute atomic E-state index is 0.167. The van der Waals surface area contributed by atoms with Gasteiger partial charge in [-0.2, -0.15) is 0 Å². The number of fused-ring (bicyclic) bond motifs is 2. The van der Waals surface area contributed by atoms with Gasteiger partial charge in [0, 0.05) is 30.4 Å². The molecule has 2 aromatic carbocycles. The number of methoxy groups -OCH3 is 2. The van der Waals surface area contributed by atoms with Crippen LogP contribution in [0, 0.1) is 0 Å². The van der Waals surface area contributed by atoms with Gasteiger partial charge in [0.25, 0.3) is 0 Å². The van der Waals surface area contributed by atoms with E-state index in [1.54, 1.807) is 4.90 Å². The van der Waals surface area contributed by atoms with Gasteiger partial charge < -0.3 is 39.9 Å². The summed E-state index contributed by atoms with van der Waals surface area (Å²) in [5.74, 6) is 1.03. The molecule has 62 heavy (non-hydrogen) atoms. The smallest absolute Gasteiger partial charge is 0.407 e. The van der Waals surface area contributed by atoms with Gasteiger partial charge in [-0.25, -0.2) is 24.5 Å². The average Bonchev–Trinajstić information content (AvgIpc) is 4.16. The van der Waals surface area contributed by atoms with Crippen molar-refractivity contribution < 1.29 is 28.7 Å². The van der Waals surface area contributed by atoms with E-state index < -0.39 is 24.3 Å². The van der Waals surface area contributed by atoms with E-state index in [4.69, 9.17) is 24.4 Å². The van der Waals surface area contributed by atoms with Crippen LogP contribution in [0.25, 0.3) is 44.3 Å². The maximum absolute atomic E-state index is 14.0. The molecule has 0 unspecified atom stereocenters. The molecule has 0 bridgehead atoms. The lowest BCUT2D eigenvalue weighted by Crippen LogP contribution is -2.49. The number of likely N-dealkylation sites (tertiary alicyclic amines) is 2. The molecule has 5 heterocycles. The van der Waals surface area contributed by atoms with Crippen LogP contribution in [0.3, 0.4) is 0 Å². The van der Waals surface area contributed by atoms with Crippen molar-refractivity contribution in [3.05, 3.63) is 114 Å². The van der Waals surface area contributed by atoms with E-state index in [0.717, 1.165) is 75.5 Å². The third kappa shape index (κ3) is 8.09.